The van der Waals surface area contributed by atoms with Gasteiger partial charge >= 0.3 is 5.97 Å². The number of rotatable bonds is 1. The maximum absolute atomic E-state index is 10.7. The fourth-order valence-electron chi connectivity index (χ4n) is 0.708. The van der Waals surface area contributed by atoms with Gasteiger partial charge in [0.1, 0.15) is 0 Å². The largest absolute Gasteiger partial charge is 0.619 e. The zero-order valence-corrected chi connectivity index (χ0v) is 8.79. The van der Waals surface area contributed by atoms with Crippen molar-refractivity contribution >= 4 is 37.8 Å². The molecule has 12 heavy (non-hydrogen) atoms. The molecule has 0 unspecified atom stereocenters. The first-order valence-corrected chi connectivity index (χ1v) is 4.42. The first-order chi connectivity index (χ1) is 5.52. The molecule has 0 spiro atoms. The van der Waals surface area contributed by atoms with Crippen LogP contribution < -0.4 is 4.73 Å². The minimum atomic E-state index is -1.09. The lowest BCUT2D eigenvalue weighted by Gasteiger charge is -2.01. The van der Waals surface area contributed by atoms with Crippen LogP contribution in [-0.2, 0) is 0 Å². The lowest BCUT2D eigenvalue weighted by molar-refractivity contribution is -0.606. The van der Waals surface area contributed by atoms with Gasteiger partial charge in [-0.3, -0.25) is 0 Å². The normalized spacial score (nSPS) is 9.83. The molecule has 64 valence electrons. The van der Waals surface area contributed by atoms with Gasteiger partial charge in [-0.15, -0.1) is 0 Å². The number of hydrogen-bond acceptors (Lipinski definition) is 2. The predicted molar refractivity (Wildman–Crippen MR) is 47.8 cm³/mol. The van der Waals surface area contributed by atoms with Gasteiger partial charge in [0, 0.05) is 0 Å². The molecular weight excluding hydrogens is 294 g/mol. The minimum absolute atomic E-state index is 0.0436. The van der Waals surface area contributed by atoms with Crippen molar-refractivity contribution in [2.75, 3.05) is 0 Å². The summed E-state index contributed by atoms with van der Waals surface area (Å²) in [6.45, 7) is 0. The van der Waals surface area contributed by atoms with E-state index in [9.17, 15) is 10.0 Å². The average molecular weight is 297 g/mol. The Morgan fingerprint density at radius 1 is 1.42 bits per heavy atom. The van der Waals surface area contributed by atoms with Crippen LogP contribution in [0.25, 0.3) is 0 Å². The molecule has 4 nitrogen and oxygen atoms in total. The van der Waals surface area contributed by atoms with Crippen molar-refractivity contribution in [1.29, 1.82) is 0 Å². The molecule has 1 rings (SSSR count). The van der Waals surface area contributed by atoms with Crippen LogP contribution in [0.15, 0.2) is 21.3 Å². The Labute approximate surface area is 84.7 Å². The van der Waals surface area contributed by atoms with Gasteiger partial charge in [0.05, 0.1) is 14.5 Å². The van der Waals surface area contributed by atoms with Crippen molar-refractivity contribution < 1.29 is 14.6 Å². The summed E-state index contributed by atoms with van der Waals surface area (Å²) in [5, 5.41) is 19.4. The third-order valence-electron chi connectivity index (χ3n) is 1.17. The molecule has 0 saturated carbocycles. The van der Waals surface area contributed by atoms with Crippen LogP contribution in [0, 0.1) is 5.21 Å². The van der Waals surface area contributed by atoms with Crippen LogP contribution in [0.3, 0.4) is 0 Å². The number of carboxylic acid groups (broad SMARTS) is 1. The highest BCUT2D eigenvalue weighted by molar-refractivity contribution is 9.11. The highest BCUT2D eigenvalue weighted by Gasteiger charge is 2.16. The molecule has 1 aromatic heterocycles. The molecule has 6 heteroatoms. The van der Waals surface area contributed by atoms with Gasteiger partial charge < -0.3 is 10.3 Å². The van der Waals surface area contributed by atoms with Crippen LogP contribution in [-0.4, -0.2) is 11.1 Å². The summed E-state index contributed by atoms with van der Waals surface area (Å²) in [6.07, 6.45) is 2.27. The predicted octanol–water partition coefficient (Wildman–Crippen LogP) is 1.54. The summed E-state index contributed by atoms with van der Waals surface area (Å²) in [4.78, 5) is 10.6. The van der Waals surface area contributed by atoms with Crippen molar-refractivity contribution in [3.8, 4) is 0 Å². The summed E-state index contributed by atoms with van der Waals surface area (Å²) in [7, 11) is 0. The SMILES string of the molecule is O=C(O)c1c(Br)c[n+]([O-])cc1Br. The Bertz CT molecular complexity index is 317. The van der Waals surface area contributed by atoms with E-state index in [0.29, 0.717) is 4.73 Å². The molecular formula is C6H3Br2NO3. The molecule has 1 N–H and O–H groups in total. The first-order valence-electron chi connectivity index (χ1n) is 2.83. The van der Waals surface area contributed by atoms with Gasteiger partial charge in [-0.2, -0.15) is 4.73 Å². The van der Waals surface area contributed by atoms with E-state index in [0.717, 1.165) is 12.4 Å². The second-order valence-corrected chi connectivity index (χ2v) is 3.70. The van der Waals surface area contributed by atoms with Crippen LogP contribution >= 0.6 is 31.9 Å². The van der Waals surface area contributed by atoms with E-state index in [1.807, 2.05) is 0 Å². The van der Waals surface area contributed by atoms with Gasteiger partial charge in [-0.05, 0) is 31.9 Å². The van der Waals surface area contributed by atoms with Crippen LogP contribution in [0.1, 0.15) is 10.4 Å². The van der Waals surface area contributed by atoms with E-state index >= 15 is 0 Å². The fraction of sp³-hybridized carbons (Fsp3) is 0. The summed E-state index contributed by atoms with van der Waals surface area (Å²) < 4.78 is 1.01. The Morgan fingerprint density at radius 3 is 2.17 bits per heavy atom. The highest BCUT2D eigenvalue weighted by Crippen LogP contribution is 2.22. The quantitative estimate of drug-likeness (QED) is 0.631. The first kappa shape index (κ1) is 9.47. The van der Waals surface area contributed by atoms with Gasteiger partial charge in [-0.25, -0.2) is 4.79 Å². The topological polar surface area (TPSA) is 64.2 Å². The Morgan fingerprint density at radius 2 is 1.83 bits per heavy atom. The molecule has 0 aliphatic carbocycles. The molecule has 0 bridgehead atoms. The monoisotopic (exact) mass is 295 g/mol. The molecule has 0 saturated heterocycles. The number of aromatic nitrogens is 1. The second-order valence-electron chi connectivity index (χ2n) is 1.99. The number of aromatic carboxylic acids is 1. The molecule has 0 amide bonds. The highest BCUT2D eigenvalue weighted by atomic mass is 79.9. The standard InChI is InChI=1S/C6H3Br2NO3/c7-3-1-9(12)2-4(8)5(3)6(10)11/h1-2H,(H,10,11). The van der Waals surface area contributed by atoms with Crippen LogP contribution in [0.5, 0.6) is 0 Å². The number of carboxylic acids is 1. The maximum atomic E-state index is 10.7. The molecule has 0 fully saturated rings. The Kier molecular flexibility index (Phi) is 2.69. The lowest BCUT2D eigenvalue weighted by atomic mass is 10.3. The van der Waals surface area contributed by atoms with Crippen molar-refractivity contribution in [1.82, 2.24) is 0 Å². The summed E-state index contributed by atoms with van der Waals surface area (Å²) >= 11 is 5.93. The lowest BCUT2D eigenvalue weighted by Crippen LogP contribution is -2.26. The van der Waals surface area contributed by atoms with Gasteiger partial charge in [0.15, 0.2) is 12.4 Å². The zero-order chi connectivity index (χ0) is 9.30. The molecule has 0 aliphatic rings. The van der Waals surface area contributed by atoms with Crippen LogP contribution in [0.4, 0.5) is 0 Å². The summed E-state index contributed by atoms with van der Waals surface area (Å²) in [6, 6.07) is 0. The fourth-order valence-corrected chi connectivity index (χ4v) is 2.14. The van der Waals surface area contributed by atoms with Gasteiger partial charge in [0.25, 0.3) is 0 Å². The van der Waals surface area contributed by atoms with E-state index in [4.69, 9.17) is 5.11 Å². The van der Waals surface area contributed by atoms with Crippen LogP contribution in [0.2, 0.25) is 0 Å². The van der Waals surface area contributed by atoms with Crippen molar-refractivity contribution in [2.45, 2.75) is 0 Å². The molecule has 0 radical (unpaired) electrons. The van der Waals surface area contributed by atoms with E-state index < -0.39 is 5.97 Å². The van der Waals surface area contributed by atoms with E-state index in [2.05, 4.69) is 31.9 Å². The maximum Gasteiger partial charge on any atom is 0.338 e. The number of carbonyl (C=O) groups is 1. The van der Waals surface area contributed by atoms with Crippen molar-refractivity contribution in [2.24, 2.45) is 0 Å². The van der Waals surface area contributed by atoms with Gasteiger partial charge in [-0.1, -0.05) is 0 Å². The third-order valence-corrected chi connectivity index (χ3v) is 2.38. The number of pyridine rings is 1. The zero-order valence-electron chi connectivity index (χ0n) is 5.62. The number of nitrogens with zero attached hydrogens (tertiary/aromatic N) is 1. The van der Waals surface area contributed by atoms with E-state index in [1.54, 1.807) is 0 Å². The molecule has 1 heterocycles. The third kappa shape index (κ3) is 1.75. The molecule has 0 atom stereocenters. The van der Waals surface area contributed by atoms with Gasteiger partial charge in [0.2, 0.25) is 0 Å². The Balaban J connectivity index is 3.38. The number of halogens is 2. The number of hydrogen-bond donors (Lipinski definition) is 1. The molecule has 1 aromatic rings. The molecule has 0 aliphatic heterocycles. The average Bonchev–Trinajstić information content (AvgIpc) is 1.82. The van der Waals surface area contributed by atoms with Crippen molar-refractivity contribution in [3.63, 3.8) is 0 Å². The Hall–Kier alpha value is -0.620. The summed E-state index contributed by atoms with van der Waals surface area (Å²) in [5.41, 5.74) is 0.0436. The smallest absolute Gasteiger partial charge is 0.338 e. The van der Waals surface area contributed by atoms with E-state index in [-0.39, 0.29) is 14.5 Å². The van der Waals surface area contributed by atoms with E-state index in [1.165, 1.54) is 0 Å². The minimum Gasteiger partial charge on any atom is -0.619 e. The second kappa shape index (κ2) is 3.40. The summed E-state index contributed by atoms with van der Waals surface area (Å²) in [5.74, 6) is -1.09. The van der Waals surface area contributed by atoms with Crippen molar-refractivity contribution in [3.05, 3.63) is 32.1 Å². The molecule has 0 aromatic carbocycles.